The van der Waals surface area contributed by atoms with E-state index in [1.165, 1.54) is 5.56 Å². The Labute approximate surface area is 166 Å². The molecule has 3 aromatic carbocycles. The highest BCUT2D eigenvalue weighted by molar-refractivity contribution is 6.01. The molecule has 0 fully saturated rings. The van der Waals surface area contributed by atoms with E-state index in [-0.39, 0.29) is 12.1 Å². The number of carbonyl (C=O) groups excluding carboxylic acids is 1. The molecule has 1 N–H and O–H groups in total. The lowest BCUT2D eigenvalue weighted by molar-refractivity contribution is 0.0685. The maximum absolute atomic E-state index is 13.3. The molecule has 28 heavy (non-hydrogen) atoms. The highest BCUT2D eigenvalue weighted by Crippen LogP contribution is 2.33. The van der Waals surface area contributed by atoms with Crippen molar-refractivity contribution in [2.45, 2.75) is 12.6 Å². The lowest BCUT2D eigenvalue weighted by Crippen LogP contribution is -2.44. The summed E-state index contributed by atoms with van der Waals surface area (Å²) in [5.41, 5.74) is 5.08. The molecule has 0 aliphatic carbocycles. The minimum Gasteiger partial charge on any atom is -0.378 e. The highest BCUT2D eigenvalue weighted by Gasteiger charge is 2.32. The van der Waals surface area contributed by atoms with Gasteiger partial charge in [0.15, 0.2) is 0 Å². The van der Waals surface area contributed by atoms with Crippen LogP contribution >= 0.6 is 0 Å². The van der Waals surface area contributed by atoms with Crippen LogP contribution in [0.4, 0.5) is 11.4 Å². The summed E-state index contributed by atoms with van der Waals surface area (Å²) in [5.74, 6) is 0.0759. The van der Waals surface area contributed by atoms with E-state index in [2.05, 4.69) is 46.6 Å². The molecular formula is C24H25N3O. The molecule has 1 unspecified atom stereocenters. The van der Waals surface area contributed by atoms with Gasteiger partial charge in [0, 0.05) is 32.0 Å². The molecule has 142 valence electrons. The molecule has 1 aliphatic rings. The Balaban J connectivity index is 1.65. The van der Waals surface area contributed by atoms with Gasteiger partial charge in [-0.25, -0.2) is 0 Å². The van der Waals surface area contributed by atoms with Gasteiger partial charge in [-0.15, -0.1) is 0 Å². The van der Waals surface area contributed by atoms with E-state index in [0.717, 1.165) is 28.9 Å². The van der Waals surface area contributed by atoms with Crippen molar-refractivity contribution in [3.63, 3.8) is 0 Å². The van der Waals surface area contributed by atoms with Crippen LogP contribution in [0.5, 0.6) is 0 Å². The zero-order valence-electron chi connectivity index (χ0n) is 16.3. The van der Waals surface area contributed by atoms with Crippen molar-refractivity contribution in [2.75, 3.05) is 30.9 Å². The number of hydrogen-bond acceptors (Lipinski definition) is 3. The monoisotopic (exact) mass is 371 g/mol. The molecule has 4 rings (SSSR count). The second kappa shape index (κ2) is 7.77. The number of nitrogens with one attached hydrogen (secondary N) is 1. The van der Waals surface area contributed by atoms with Crippen LogP contribution in [0.3, 0.4) is 0 Å². The lowest BCUT2D eigenvalue weighted by Gasteiger charge is -2.38. The summed E-state index contributed by atoms with van der Waals surface area (Å²) in [7, 11) is 4.06. The van der Waals surface area contributed by atoms with Crippen LogP contribution in [0, 0.1) is 0 Å². The minimum absolute atomic E-state index is 0.0759. The second-order valence-electron chi connectivity index (χ2n) is 7.31. The van der Waals surface area contributed by atoms with Crippen molar-refractivity contribution in [2.24, 2.45) is 0 Å². The van der Waals surface area contributed by atoms with Crippen LogP contribution < -0.4 is 10.2 Å². The maximum Gasteiger partial charge on any atom is 0.257 e. The average Bonchev–Trinajstić information content (AvgIpc) is 2.74. The molecule has 1 amide bonds. The molecular weight excluding hydrogens is 346 g/mol. The van der Waals surface area contributed by atoms with Crippen LogP contribution in [0.25, 0.3) is 0 Å². The Kier molecular flexibility index (Phi) is 5.02. The van der Waals surface area contributed by atoms with E-state index < -0.39 is 0 Å². The predicted octanol–water partition coefficient (Wildman–Crippen LogP) is 4.56. The topological polar surface area (TPSA) is 35.6 Å². The first kappa shape index (κ1) is 18.1. The smallest absolute Gasteiger partial charge is 0.257 e. The van der Waals surface area contributed by atoms with Crippen molar-refractivity contribution >= 4 is 17.3 Å². The average molecular weight is 371 g/mol. The third-order valence-corrected chi connectivity index (χ3v) is 5.23. The normalized spacial score (nSPS) is 15.7. The first-order valence-electron chi connectivity index (χ1n) is 9.61. The summed E-state index contributed by atoms with van der Waals surface area (Å²) in [6.45, 7) is 0.657. The van der Waals surface area contributed by atoms with Gasteiger partial charge in [0.05, 0.1) is 5.56 Å². The quantitative estimate of drug-likeness (QED) is 0.714. The summed E-state index contributed by atoms with van der Waals surface area (Å²) >= 11 is 0. The SMILES string of the molecule is CN(C)c1ccc(C2Nc3ccccc3C(=O)N2CCc2ccccc2)cc1. The highest BCUT2D eigenvalue weighted by atomic mass is 16.2. The summed E-state index contributed by atoms with van der Waals surface area (Å²) in [6.07, 6.45) is 0.644. The van der Waals surface area contributed by atoms with Gasteiger partial charge in [-0.05, 0) is 41.8 Å². The Morgan fingerprint density at radius 2 is 1.57 bits per heavy atom. The molecule has 1 heterocycles. The summed E-state index contributed by atoms with van der Waals surface area (Å²) in [4.78, 5) is 17.3. The molecule has 3 aromatic rings. The van der Waals surface area contributed by atoms with E-state index in [1.807, 2.05) is 61.5 Å². The fourth-order valence-corrected chi connectivity index (χ4v) is 3.64. The van der Waals surface area contributed by atoms with Crippen molar-refractivity contribution in [3.05, 3.63) is 95.6 Å². The van der Waals surface area contributed by atoms with Gasteiger partial charge in [0.1, 0.15) is 6.17 Å². The van der Waals surface area contributed by atoms with Crippen LogP contribution in [-0.2, 0) is 6.42 Å². The molecule has 0 saturated heterocycles. The van der Waals surface area contributed by atoms with Gasteiger partial charge in [-0.1, -0.05) is 54.6 Å². The van der Waals surface area contributed by atoms with E-state index in [9.17, 15) is 4.79 Å². The third-order valence-electron chi connectivity index (χ3n) is 5.23. The summed E-state index contributed by atoms with van der Waals surface area (Å²) in [6, 6.07) is 26.5. The molecule has 1 atom stereocenters. The Morgan fingerprint density at radius 3 is 2.29 bits per heavy atom. The largest absolute Gasteiger partial charge is 0.378 e. The number of carbonyl (C=O) groups is 1. The Morgan fingerprint density at radius 1 is 0.893 bits per heavy atom. The summed E-state index contributed by atoms with van der Waals surface area (Å²) < 4.78 is 0. The summed E-state index contributed by atoms with van der Waals surface area (Å²) in [5, 5.41) is 3.57. The first-order valence-corrected chi connectivity index (χ1v) is 9.61. The zero-order chi connectivity index (χ0) is 19.5. The van der Waals surface area contributed by atoms with Gasteiger partial charge in [0.25, 0.3) is 5.91 Å². The van der Waals surface area contributed by atoms with Crippen molar-refractivity contribution in [1.29, 1.82) is 0 Å². The van der Waals surface area contributed by atoms with Crippen LogP contribution in [0.1, 0.15) is 27.7 Å². The number of anilines is 2. The van der Waals surface area contributed by atoms with E-state index in [4.69, 9.17) is 0 Å². The number of para-hydroxylation sites is 1. The fraction of sp³-hybridized carbons (Fsp3) is 0.208. The third kappa shape index (κ3) is 3.58. The van der Waals surface area contributed by atoms with Gasteiger partial charge < -0.3 is 15.1 Å². The standard InChI is InChI=1S/C24H25N3O/c1-26(2)20-14-12-19(13-15-20)23-25-22-11-7-6-10-21(22)24(28)27(23)17-16-18-8-4-3-5-9-18/h3-15,23,25H,16-17H2,1-2H3. The molecule has 4 nitrogen and oxygen atoms in total. The lowest BCUT2D eigenvalue weighted by atomic mass is 10.0. The van der Waals surface area contributed by atoms with Gasteiger partial charge in [-0.2, -0.15) is 0 Å². The number of nitrogens with zero attached hydrogens (tertiary/aromatic N) is 2. The minimum atomic E-state index is -0.178. The molecule has 0 bridgehead atoms. The Hall–Kier alpha value is -3.27. The van der Waals surface area contributed by atoms with Crippen LogP contribution in [-0.4, -0.2) is 31.4 Å². The first-order chi connectivity index (χ1) is 13.6. The maximum atomic E-state index is 13.3. The molecule has 0 aromatic heterocycles. The van der Waals surface area contributed by atoms with Gasteiger partial charge >= 0.3 is 0 Å². The van der Waals surface area contributed by atoms with Gasteiger partial charge in [0.2, 0.25) is 0 Å². The second-order valence-corrected chi connectivity index (χ2v) is 7.31. The Bertz CT molecular complexity index is 951. The van der Waals surface area contributed by atoms with Crippen molar-refractivity contribution in [3.8, 4) is 0 Å². The molecule has 1 aliphatic heterocycles. The van der Waals surface area contributed by atoms with Gasteiger partial charge in [-0.3, -0.25) is 4.79 Å². The molecule has 0 saturated carbocycles. The zero-order valence-corrected chi connectivity index (χ0v) is 16.3. The predicted molar refractivity (Wildman–Crippen MR) is 115 cm³/mol. The van der Waals surface area contributed by atoms with Crippen molar-refractivity contribution < 1.29 is 4.79 Å². The number of hydrogen-bond donors (Lipinski definition) is 1. The molecule has 0 radical (unpaired) electrons. The van der Waals surface area contributed by atoms with E-state index in [0.29, 0.717) is 6.54 Å². The molecule has 4 heteroatoms. The van der Waals surface area contributed by atoms with E-state index in [1.54, 1.807) is 0 Å². The molecule has 0 spiro atoms. The van der Waals surface area contributed by atoms with Crippen molar-refractivity contribution in [1.82, 2.24) is 4.90 Å². The number of amides is 1. The van der Waals surface area contributed by atoms with Crippen LogP contribution in [0.2, 0.25) is 0 Å². The van der Waals surface area contributed by atoms with Crippen LogP contribution in [0.15, 0.2) is 78.9 Å². The number of benzene rings is 3. The van der Waals surface area contributed by atoms with E-state index >= 15 is 0 Å². The fourth-order valence-electron chi connectivity index (χ4n) is 3.64. The number of fused-ring (bicyclic) bond motifs is 1. The number of rotatable bonds is 5.